The van der Waals surface area contributed by atoms with Crippen LogP contribution in [0.5, 0.6) is 0 Å². The molecule has 0 unspecified atom stereocenters. The van der Waals surface area contributed by atoms with Crippen LogP contribution in [0.4, 0.5) is 5.69 Å². The average molecular weight is 417 g/mol. The van der Waals surface area contributed by atoms with Crippen molar-refractivity contribution >= 4 is 34.3 Å². The zero-order valence-electron chi connectivity index (χ0n) is 17.2. The van der Waals surface area contributed by atoms with Crippen molar-refractivity contribution in [2.24, 2.45) is 0 Å². The van der Waals surface area contributed by atoms with E-state index in [4.69, 9.17) is 0 Å². The zero-order chi connectivity index (χ0) is 22.0. The Morgan fingerprint density at radius 2 is 1.71 bits per heavy atom. The van der Waals surface area contributed by atoms with Crippen LogP contribution in [0.3, 0.4) is 0 Å². The molecule has 1 aliphatic heterocycles. The molecule has 0 aliphatic carbocycles. The van der Waals surface area contributed by atoms with Crippen LogP contribution in [0.1, 0.15) is 52.5 Å². The Labute approximate surface area is 179 Å². The maximum atomic E-state index is 12.4. The number of nitrogens with zero attached hydrogens (tertiary/aromatic N) is 1. The van der Waals surface area contributed by atoms with E-state index in [0.717, 1.165) is 23.8 Å². The topological polar surface area (TPSA) is 99.3 Å². The van der Waals surface area contributed by atoms with Crippen molar-refractivity contribution in [1.82, 2.24) is 9.88 Å². The summed E-state index contributed by atoms with van der Waals surface area (Å²) in [5.74, 6) is -0.854. The van der Waals surface area contributed by atoms with Gasteiger partial charge in [0.1, 0.15) is 0 Å². The van der Waals surface area contributed by atoms with Crippen LogP contribution in [-0.4, -0.2) is 34.2 Å². The summed E-state index contributed by atoms with van der Waals surface area (Å²) in [6.07, 6.45) is 2.27. The van der Waals surface area contributed by atoms with Gasteiger partial charge < -0.3 is 10.3 Å². The first-order valence-electron chi connectivity index (χ1n) is 10.4. The lowest BCUT2D eigenvalue weighted by Gasteiger charge is -2.13. The number of aromatic nitrogens is 1. The molecule has 0 fully saturated rings. The van der Waals surface area contributed by atoms with Gasteiger partial charge in [0.25, 0.3) is 11.8 Å². The van der Waals surface area contributed by atoms with Crippen LogP contribution in [0, 0.1) is 0 Å². The molecule has 1 aromatic heterocycles. The second kappa shape index (κ2) is 8.55. The molecule has 0 saturated heterocycles. The molecule has 2 heterocycles. The number of imide groups is 1. The van der Waals surface area contributed by atoms with E-state index in [1.165, 1.54) is 4.90 Å². The van der Waals surface area contributed by atoms with Gasteiger partial charge in [0.15, 0.2) is 0 Å². The van der Waals surface area contributed by atoms with Crippen LogP contribution in [0.25, 0.3) is 10.9 Å². The van der Waals surface area contributed by atoms with Gasteiger partial charge >= 0.3 is 0 Å². The Bertz CT molecular complexity index is 1210. The number of amides is 3. The minimum Gasteiger partial charge on any atom is -0.326 e. The number of anilines is 1. The molecule has 2 N–H and O–H groups in total. The van der Waals surface area contributed by atoms with Gasteiger partial charge in [-0.15, -0.1) is 0 Å². The standard InChI is InChI=1S/C24H23N3O4/c1-2-6-15-13-22(29)26-20-14-16(10-11-17(15)20)25-21(28)9-5-12-27-23(30)18-7-3-4-8-19(18)24(27)31/h3-4,7-8,10-11,13-14H,2,5-6,9,12H2,1H3,(H,25,28)(H,26,29). The normalized spacial score (nSPS) is 13.0. The molecule has 3 aromatic rings. The van der Waals surface area contributed by atoms with Crippen LogP contribution >= 0.6 is 0 Å². The maximum Gasteiger partial charge on any atom is 0.261 e. The van der Waals surface area contributed by atoms with Gasteiger partial charge in [-0.2, -0.15) is 0 Å². The van der Waals surface area contributed by atoms with E-state index in [1.807, 2.05) is 12.1 Å². The van der Waals surface area contributed by atoms with Crippen molar-refractivity contribution in [2.45, 2.75) is 32.6 Å². The first-order chi connectivity index (χ1) is 15.0. The summed E-state index contributed by atoms with van der Waals surface area (Å²) >= 11 is 0. The lowest BCUT2D eigenvalue weighted by Crippen LogP contribution is -2.31. The number of H-pyrrole nitrogens is 1. The highest BCUT2D eigenvalue weighted by Gasteiger charge is 2.34. The Hall–Kier alpha value is -3.74. The quantitative estimate of drug-likeness (QED) is 0.575. The minimum absolute atomic E-state index is 0.165. The Morgan fingerprint density at radius 1 is 1.00 bits per heavy atom. The summed E-state index contributed by atoms with van der Waals surface area (Å²) < 4.78 is 0. The number of carbonyl (C=O) groups is 3. The molecule has 158 valence electrons. The molecule has 2 aromatic carbocycles. The first kappa shape index (κ1) is 20.5. The van der Waals surface area contributed by atoms with E-state index < -0.39 is 0 Å². The predicted molar refractivity (Wildman–Crippen MR) is 118 cm³/mol. The smallest absolute Gasteiger partial charge is 0.261 e. The Morgan fingerprint density at radius 3 is 2.39 bits per heavy atom. The average Bonchev–Trinajstić information content (AvgIpc) is 2.99. The van der Waals surface area contributed by atoms with Crippen molar-refractivity contribution in [1.29, 1.82) is 0 Å². The number of aromatic amines is 1. The number of pyridine rings is 1. The monoisotopic (exact) mass is 417 g/mol. The molecule has 0 spiro atoms. The number of aryl methyl sites for hydroxylation is 1. The van der Waals surface area contributed by atoms with Gasteiger partial charge in [-0.3, -0.25) is 24.1 Å². The Kier molecular flexibility index (Phi) is 5.66. The minimum atomic E-state index is -0.317. The summed E-state index contributed by atoms with van der Waals surface area (Å²) in [6.45, 7) is 2.24. The lowest BCUT2D eigenvalue weighted by molar-refractivity contribution is -0.116. The SMILES string of the molecule is CCCc1cc(=O)[nH]c2cc(NC(=O)CCCN3C(=O)c4ccccc4C3=O)ccc12. The van der Waals surface area contributed by atoms with Crippen LogP contribution in [-0.2, 0) is 11.2 Å². The van der Waals surface area contributed by atoms with Crippen molar-refractivity contribution in [3.63, 3.8) is 0 Å². The third kappa shape index (κ3) is 4.12. The molecule has 0 atom stereocenters. The number of nitrogens with one attached hydrogen (secondary N) is 2. The molecular formula is C24H23N3O4. The van der Waals surface area contributed by atoms with Gasteiger partial charge in [0, 0.05) is 30.1 Å². The first-order valence-corrected chi connectivity index (χ1v) is 10.4. The molecule has 3 amide bonds. The zero-order valence-corrected chi connectivity index (χ0v) is 17.2. The molecule has 7 nitrogen and oxygen atoms in total. The number of hydrogen-bond acceptors (Lipinski definition) is 4. The van der Waals surface area contributed by atoms with Gasteiger partial charge in [-0.05, 0) is 42.7 Å². The largest absolute Gasteiger partial charge is 0.326 e. The Balaban J connectivity index is 1.37. The highest BCUT2D eigenvalue weighted by atomic mass is 16.2. The van der Waals surface area contributed by atoms with Crippen molar-refractivity contribution < 1.29 is 14.4 Å². The third-order valence-corrected chi connectivity index (χ3v) is 5.40. The number of rotatable bonds is 7. The van der Waals surface area contributed by atoms with Crippen molar-refractivity contribution in [2.75, 3.05) is 11.9 Å². The number of fused-ring (bicyclic) bond motifs is 2. The van der Waals surface area contributed by atoms with E-state index in [1.54, 1.807) is 36.4 Å². The van der Waals surface area contributed by atoms with Crippen LogP contribution < -0.4 is 10.9 Å². The highest BCUT2D eigenvalue weighted by Crippen LogP contribution is 2.23. The molecule has 0 bridgehead atoms. The number of benzene rings is 2. The summed E-state index contributed by atoms with van der Waals surface area (Å²) in [5, 5.41) is 3.78. The number of hydrogen-bond donors (Lipinski definition) is 2. The van der Waals surface area contributed by atoms with Crippen LogP contribution in [0.2, 0.25) is 0 Å². The van der Waals surface area contributed by atoms with Crippen molar-refractivity contribution in [3.05, 3.63) is 75.6 Å². The maximum absolute atomic E-state index is 12.4. The summed E-state index contributed by atoms with van der Waals surface area (Å²) in [4.78, 5) is 53.0. The highest BCUT2D eigenvalue weighted by molar-refractivity contribution is 6.21. The summed E-state index contributed by atoms with van der Waals surface area (Å²) in [5.41, 5.74) is 2.90. The van der Waals surface area contributed by atoms with Gasteiger partial charge in [-0.25, -0.2) is 0 Å². The van der Waals surface area contributed by atoms with Crippen molar-refractivity contribution in [3.8, 4) is 0 Å². The molecule has 4 rings (SSSR count). The van der Waals surface area contributed by atoms with E-state index in [-0.39, 0.29) is 36.2 Å². The summed E-state index contributed by atoms with van der Waals surface area (Å²) in [7, 11) is 0. The molecule has 1 aliphatic rings. The fourth-order valence-electron chi connectivity index (χ4n) is 3.95. The lowest BCUT2D eigenvalue weighted by atomic mass is 10.0. The van der Waals surface area contributed by atoms with E-state index in [0.29, 0.717) is 28.8 Å². The fraction of sp³-hybridized carbons (Fsp3) is 0.250. The number of carbonyl (C=O) groups excluding carboxylic acids is 3. The predicted octanol–water partition coefficient (Wildman–Crippen LogP) is 3.50. The molecular weight excluding hydrogens is 394 g/mol. The fourth-order valence-corrected chi connectivity index (χ4v) is 3.95. The summed E-state index contributed by atoms with van der Waals surface area (Å²) in [6, 6.07) is 13.8. The van der Waals surface area contributed by atoms with E-state index in [2.05, 4.69) is 17.2 Å². The van der Waals surface area contributed by atoms with Crippen LogP contribution in [0.15, 0.2) is 53.3 Å². The molecule has 7 heteroatoms. The van der Waals surface area contributed by atoms with E-state index >= 15 is 0 Å². The van der Waals surface area contributed by atoms with E-state index in [9.17, 15) is 19.2 Å². The van der Waals surface area contributed by atoms with Gasteiger partial charge in [0.05, 0.1) is 16.6 Å². The second-order valence-corrected chi connectivity index (χ2v) is 7.63. The second-order valence-electron chi connectivity index (χ2n) is 7.63. The molecule has 0 radical (unpaired) electrons. The van der Waals surface area contributed by atoms with Gasteiger partial charge in [-0.1, -0.05) is 31.5 Å². The molecule has 0 saturated carbocycles. The van der Waals surface area contributed by atoms with Gasteiger partial charge in [0.2, 0.25) is 11.5 Å². The third-order valence-electron chi connectivity index (χ3n) is 5.40. The molecule has 31 heavy (non-hydrogen) atoms.